The molecule has 158 valence electrons. The van der Waals surface area contributed by atoms with Gasteiger partial charge in [-0.1, -0.05) is 35.5 Å². The summed E-state index contributed by atoms with van der Waals surface area (Å²) in [5, 5.41) is 5.69. The van der Waals surface area contributed by atoms with E-state index in [0.717, 1.165) is 10.8 Å². The van der Waals surface area contributed by atoms with E-state index < -0.39 is 10.0 Å². The number of sulfonamides is 1. The summed E-state index contributed by atoms with van der Waals surface area (Å²) in [4.78, 5) is 14.6. The van der Waals surface area contributed by atoms with Crippen molar-refractivity contribution in [2.75, 3.05) is 26.2 Å². The maximum atomic E-state index is 13.1. The highest BCUT2D eigenvalue weighted by Crippen LogP contribution is 2.24. The zero-order valence-electron chi connectivity index (χ0n) is 16.5. The van der Waals surface area contributed by atoms with Gasteiger partial charge in [0.15, 0.2) is 11.5 Å². The van der Waals surface area contributed by atoms with Crippen molar-refractivity contribution in [3.8, 4) is 11.5 Å². The molecule has 1 amide bonds. The van der Waals surface area contributed by atoms with Crippen molar-refractivity contribution >= 4 is 26.7 Å². The van der Waals surface area contributed by atoms with E-state index >= 15 is 0 Å². The van der Waals surface area contributed by atoms with Crippen LogP contribution in [0.15, 0.2) is 80.8 Å². The molecule has 0 unspecified atom stereocenters. The number of nitrogens with zero attached hydrogens (tertiary/aromatic N) is 3. The number of furan rings is 1. The number of rotatable bonds is 4. The molecule has 1 fully saturated rings. The van der Waals surface area contributed by atoms with Gasteiger partial charge in [0.1, 0.15) is 0 Å². The Balaban J connectivity index is 1.28. The molecule has 3 heterocycles. The molecule has 31 heavy (non-hydrogen) atoms. The molecule has 5 rings (SSSR count). The van der Waals surface area contributed by atoms with Crippen molar-refractivity contribution < 1.29 is 22.2 Å². The Morgan fingerprint density at radius 2 is 1.65 bits per heavy atom. The van der Waals surface area contributed by atoms with Gasteiger partial charge in [-0.2, -0.15) is 4.31 Å². The van der Waals surface area contributed by atoms with Gasteiger partial charge >= 0.3 is 0 Å². The summed E-state index contributed by atoms with van der Waals surface area (Å²) in [7, 11) is -3.64. The lowest BCUT2D eigenvalue weighted by molar-refractivity contribution is 0.0687. The van der Waals surface area contributed by atoms with E-state index in [2.05, 4.69) is 5.16 Å². The maximum Gasteiger partial charge on any atom is 0.276 e. The molecule has 1 aliphatic heterocycles. The first-order valence-corrected chi connectivity index (χ1v) is 11.3. The summed E-state index contributed by atoms with van der Waals surface area (Å²) in [6.45, 7) is 0.969. The van der Waals surface area contributed by atoms with Crippen LogP contribution in [0.4, 0.5) is 0 Å². The average molecular weight is 437 g/mol. The maximum absolute atomic E-state index is 13.1. The predicted molar refractivity (Wildman–Crippen MR) is 113 cm³/mol. The smallest absolute Gasteiger partial charge is 0.276 e. The second-order valence-electron chi connectivity index (χ2n) is 7.26. The van der Waals surface area contributed by atoms with Crippen LogP contribution in [0.1, 0.15) is 10.5 Å². The van der Waals surface area contributed by atoms with Crippen LogP contribution in [0.5, 0.6) is 0 Å². The molecule has 0 bridgehead atoms. The van der Waals surface area contributed by atoms with Gasteiger partial charge in [-0.15, -0.1) is 0 Å². The number of carbonyl (C=O) groups is 1. The van der Waals surface area contributed by atoms with E-state index in [-0.39, 0.29) is 42.7 Å². The van der Waals surface area contributed by atoms with Crippen LogP contribution in [0.3, 0.4) is 0 Å². The monoisotopic (exact) mass is 437 g/mol. The fourth-order valence-corrected chi connectivity index (χ4v) is 5.14. The molecule has 8 nitrogen and oxygen atoms in total. The number of benzene rings is 2. The fraction of sp³-hybridized carbons (Fsp3) is 0.182. The van der Waals surface area contributed by atoms with Crippen molar-refractivity contribution in [3.05, 3.63) is 72.6 Å². The number of amides is 1. The summed E-state index contributed by atoms with van der Waals surface area (Å²) in [6, 6.07) is 17.7. The number of aromatic nitrogens is 1. The zero-order valence-corrected chi connectivity index (χ0v) is 17.3. The highest BCUT2D eigenvalue weighted by Gasteiger charge is 2.31. The van der Waals surface area contributed by atoms with Gasteiger partial charge in [-0.3, -0.25) is 4.79 Å². The molecule has 0 saturated carbocycles. The van der Waals surface area contributed by atoms with Crippen LogP contribution in [0.2, 0.25) is 0 Å². The van der Waals surface area contributed by atoms with Crippen LogP contribution >= 0.6 is 0 Å². The van der Waals surface area contributed by atoms with Gasteiger partial charge in [0.05, 0.1) is 11.2 Å². The van der Waals surface area contributed by atoms with Crippen LogP contribution in [-0.4, -0.2) is 54.9 Å². The number of piperazine rings is 1. The first kappa shape index (κ1) is 19.5. The fourth-order valence-electron chi connectivity index (χ4n) is 3.68. The molecule has 2 aromatic heterocycles. The number of hydrogen-bond acceptors (Lipinski definition) is 6. The standard InChI is InChI=1S/C22H19N3O5S/c26-22(19-15-21(30-23-19)20-6-3-13-29-20)24-9-11-25(12-10-24)31(27,28)18-8-7-16-4-1-2-5-17(16)14-18/h1-8,13-15H,9-12H2. The van der Waals surface area contributed by atoms with Gasteiger partial charge in [-0.25, -0.2) is 8.42 Å². The third-order valence-corrected chi connectivity index (χ3v) is 7.27. The number of fused-ring (bicyclic) bond motifs is 1. The van der Waals surface area contributed by atoms with E-state index in [1.807, 2.05) is 30.3 Å². The third kappa shape index (κ3) is 3.62. The third-order valence-electron chi connectivity index (χ3n) is 5.38. The first-order valence-electron chi connectivity index (χ1n) is 9.81. The largest absolute Gasteiger partial charge is 0.461 e. The van der Waals surface area contributed by atoms with E-state index in [4.69, 9.17) is 8.94 Å². The molecule has 0 aliphatic carbocycles. The van der Waals surface area contributed by atoms with Gasteiger partial charge in [0, 0.05) is 32.2 Å². The van der Waals surface area contributed by atoms with Gasteiger partial charge < -0.3 is 13.8 Å². The van der Waals surface area contributed by atoms with E-state index in [1.54, 1.807) is 29.2 Å². The van der Waals surface area contributed by atoms with E-state index in [0.29, 0.717) is 11.5 Å². The lowest BCUT2D eigenvalue weighted by Gasteiger charge is -2.33. The summed E-state index contributed by atoms with van der Waals surface area (Å²) in [5.41, 5.74) is 0.164. The number of carbonyl (C=O) groups excluding carboxylic acids is 1. The molecular formula is C22H19N3O5S. The minimum atomic E-state index is -3.64. The Morgan fingerprint density at radius 1 is 0.871 bits per heavy atom. The average Bonchev–Trinajstić information content (AvgIpc) is 3.50. The molecule has 0 radical (unpaired) electrons. The number of hydrogen-bond donors (Lipinski definition) is 0. The Hall–Kier alpha value is -3.43. The molecular weight excluding hydrogens is 418 g/mol. The summed E-state index contributed by atoms with van der Waals surface area (Å²) in [6.07, 6.45) is 1.51. The molecule has 2 aromatic carbocycles. The molecule has 0 N–H and O–H groups in total. The Kier molecular flexibility index (Phi) is 4.84. The van der Waals surface area contributed by atoms with Crippen LogP contribution < -0.4 is 0 Å². The minimum Gasteiger partial charge on any atom is -0.461 e. The Labute approximate surface area is 178 Å². The Bertz CT molecular complexity index is 1340. The molecule has 1 saturated heterocycles. The Morgan fingerprint density at radius 3 is 2.39 bits per heavy atom. The summed E-state index contributed by atoms with van der Waals surface area (Å²) < 4.78 is 38.0. The summed E-state index contributed by atoms with van der Waals surface area (Å²) in [5.74, 6) is 0.549. The van der Waals surface area contributed by atoms with Crippen molar-refractivity contribution in [1.82, 2.24) is 14.4 Å². The lowest BCUT2D eigenvalue weighted by Crippen LogP contribution is -2.50. The van der Waals surface area contributed by atoms with Gasteiger partial charge in [-0.05, 0) is 35.0 Å². The lowest BCUT2D eigenvalue weighted by atomic mass is 10.1. The topological polar surface area (TPSA) is 96.9 Å². The second-order valence-corrected chi connectivity index (χ2v) is 9.20. The quantitative estimate of drug-likeness (QED) is 0.486. The van der Waals surface area contributed by atoms with Crippen LogP contribution in [0.25, 0.3) is 22.3 Å². The van der Waals surface area contributed by atoms with Gasteiger partial charge in [0.2, 0.25) is 15.8 Å². The van der Waals surface area contributed by atoms with Crippen LogP contribution in [-0.2, 0) is 10.0 Å². The SMILES string of the molecule is O=C(c1cc(-c2ccco2)on1)N1CCN(S(=O)(=O)c2ccc3ccccc3c2)CC1. The highest BCUT2D eigenvalue weighted by molar-refractivity contribution is 7.89. The van der Waals surface area contributed by atoms with E-state index in [1.165, 1.54) is 16.6 Å². The zero-order chi connectivity index (χ0) is 21.4. The molecule has 1 aliphatic rings. The van der Waals surface area contributed by atoms with Crippen molar-refractivity contribution in [1.29, 1.82) is 0 Å². The summed E-state index contributed by atoms with van der Waals surface area (Å²) >= 11 is 0. The van der Waals surface area contributed by atoms with Gasteiger partial charge in [0.25, 0.3) is 5.91 Å². The van der Waals surface area contributed by atoms with Crippen LogP contribution in [0, 0.1) is 0 Å². The van der Waals surface area contributed by atoms with Crippen molar-refractivity contribution in [2.24, 2.45) is 0 Å². The molecule has 9 heteroatoms. The van der Waals surface area contributed by atoms with Crippen molar-refractivity contribution in [2.45, 2.75) is 4.90 Å². The minimum absolute atomic E-state index is 0.164. The highest BCUT2D eigenvalue weighted by atomic mass is 32.2. The van der Waals surface area contributed by atoms with Crippen molar-refractivity contribution in [3.63, 3.8) is 0 Å². The molecule has 4 aromatic rings. The molecule has 0 spiro atoms. The second kappa shape index (κ2) is 7.68. The predicted octanol–water partition coefficient (Wildman–Crippen LogP) is 3.23. The normalized spacial score (nSPS) is 15.4. The van der Waals surface area contributed by atoms with E-state index in [9.17, 15) is 13.2 Å². The first-order chi connectivity index (χ1) is 15.0. The molecule has 0 atom stereocenters.